The van der Waals surface area contributed by atoms with Gasteiger partial charge in [-0.2, -0.15) is 0 Å². The summed E-state index contributed by atoms with van der Waals surface area (Å²) < 4.78 is 10.5. The molecule has 2 N–H and O–H groups in total. The van der Waals surface area contributed by atoms with E-state index in [1.807, 2.05) is 0 Å². The highest BCUT2D eigenvalue weighted by Gasteiger charge is 2.49. The van der Waals surface area contributed by atoms with Gasteiger partial charge in [0, 0.05) is 6.54 Å². The third kappa shape index (κ3) is 4.31. The lowest BCUT2D eigenvalue weighted by molar-refractivity contribution is -0.134. The number of nitrogens with zero attached hydrogens (tertiary/aromatic N) is 1. The van der Waals surface area contributed by atoms with E-state index in [9.17, 15) is 14.4 Å². The van der Waals surface area contributed by atoms with Crippen LogP contribution in [0.1, 0.15) is 44.6 Å². The molecule has 0 spiro atoms. The number of methoxy groups -OCH3 is 2. The van der Waals surface area contributed by atoms with Gasteiger partial charge in [-0.1, -0.05) is 25.3 Å². The van der Waals surface area contributed by atoms with E-state index in [-0.39, 0.29) is 12.5 Å². The molecular formula is C21H29N3O5. The van der Waals surface area contributed by atoms with E-state index >= 15 is 0 Å². The van der Waals surface area contributed by atoms with Crippen molar-refractivity contribution in [2.75, 3.05) is 27.3 Å². The molecule has 1 atom stereocenters. The van der Waals surface area contributed by atoms with Gasteiger partial charge in [-0.05, 0) is 43.4 Å². The number of urea groups is 1. The van der Waals surface area contributed by atoms with Crippen molar-refractivity contribution < 1.29 is 23.9 Å². The second-order valence-corrected chi connectivity index (χ2v) is 7.82. The average molecular weight is 403 g/mol. The lowest BCUT2D eigenvalue weighted by Crippen LogP contribution is -2.44. The number of benzene rings is 1. The Morgan fingerprint density at radius 1 is 1.17 bits per heavy atom. The molecule has 1 saturated heterocycles. The van der Waals surface area contributed by atoms with Crippen LogP contribution in [0.3, 0.4) is 0 Å². The number of amides is 4. The van der Waals surface area contributed by atoms with E-state index in [1.54, 1.807) is 25.1 Å². The lowest BCUT2D eigenvalue weighted by atomic mass is 9.89. The maximum Gasteiger partial charge on any atom is 0.325 e. The minimum absolute atomic E-state index is 0.291. The highest BCUT2D eigenvalue weighted by atomic mass is 16.5. The van der Waals surface area contributed by atoms with Crippen molar-refractivity contribution >= 4 is 17.8 Å². The normalized spacial score (nSPS) is 22.4. The van der Waals surface area contributed by atoms with Crippen LogP contribution in [0.4, 0.5) is 4.79 Å². The van der Waals surface area contributed by atoms with Gasteiger partial charge in [-0.3, -0.25) is 14.5 Å². The van der Waals surface area contributed by atoms with Crippen LogP contribution in [-0.4, -0.2) is 50.1 Å². The van der Waals surface area contributed by atoms with Gasteiger partial charge in [0.2, 0.25) is 5.91 Å². The zero-order valence-corrected chi connectivity index (χ0v) is 17.2. The number of hydrogen-bond acceptors (Lipinski definition) is 5. The molecule has 1 saturated carbocycles. The first kappa shape index (κ1) is 21.0. The molecule has 0 unspecified atom stereocenters. The second-order valence-electron chi connectivity index (χ2n) is 7.82. The summed E-state index contributed by atoms with van der Waals surface area (Å²) in [6.45, 7) is 1.92. The summed E-state index contributed by atoms with van der Waals surface area (Å²) in [5, 5.41) is 5.58. The fourth-order valence-electron chi connectivity index (χ4n) is 4.03. The Bertz CT molecular complexity index is 791. The number of imide groups is 1. The molecule has 0 radical (unpaired) electrons. The van der Waals surface area contributed by atoms with E-state index in [0.717, 1.165) is 17.7 Å². The maximum atomic E-state index is 13.0. The third-order valence-electron chi connectivity index (χ3n) is 5.85. The van der Waals surface area contributed by atoms with Crippen molar-refractivity contribution in [3.63, 3.8) is 0 Å². The zero-order chi connectivity index (χ0) is 21.0. The molecule has 0 aromatic heterocycles. The molecule has 0 bridgehead atoms. The first-order chi connectivity index (χ1) is 13.9. The number of ether oxygens (including phenoxy) is 2. The van der Waals surface area contributed by atoms with Crippen LogP contribution >= 0.6 is 0 Å². The Hall–Kier alpha value is -2.77. The fraction of sp³-hybridized carbons (Fsp3) is 0.571. The molecule has 158 valence electrons. The second kappa shape index (κ2) is 8.71. The van der Waals surface area contributed by atoms with Crippen molar-refractivity contribution in [1.29, 1.82) is 0 Å². The van der Waals surface area contributed by atoms with Crippen LogP contribution in [0.5, 0.6) is 11.5 Å². The smallest absolute Gasteiger partial charge is 0.325 e. The molecular weight excluding hydrogens is 374 g/mol. The van der Waals surface area contributed by atoms with E-state index in [2.05, 4.69) is 10.6 Å². The molecule has 3 rings (SSSR count). The van der Waals surface area contributed by atoms with Crippen LogP contribution in [0.15, 0.2) is 18.2 Å². The van der Waals surface area contributed by atoms with Gasteiger partial charge < -0.3 is 20.1 Å². The molecule has 29 heavy (non-hydrogen) atoms. The third-order valence-corrected chi connectivity index (χ3v) is 5.85. The van der Waals surface area contributed by atoms with Gasteiger partial charge in [-0.15, -0.1) is 0 Å². The quantitative estimate of drug-likeness (QED) is 0.680. The van der Waals surface area contributed by atoms with Crippen molar-refractivity contribution in [3.8, 4) is 11.5 Å². The zero-order valence-electron chi connectivity index (χ0n) is 17.2. The van der Waals surface area contributed by atoms with E-state index in [4.69, 9.17) is 9.47 Å². The largest absolute Gasteiger partial charge is 0.493 e. The van der Waals surface area contributed by atoms with Crippen molar-refractivity contribution in [1.82, 2.24) is 15.5 Å². The molecule has 1 heterocycles. The number of carbonyl (C=O) groups excluding carboxylic acids is 3. The summed E-state index contributed by atoms with van der Waals surface area (Å²) in [6, 6.07) is 4.45. The minimum Gasteiger partial charge on any atom is -0.493 e. The van der Waals surface area contributed by atoms with Crippen LogP contribution in [0.2, 0.25) is 0 Å². The summed E-state index contributed by atoms with van der Waals surface area (Å²) >= 11 is 0. The van der Waals surface area contributed by atoms with Gasteiger partial charge in [0.05, 0.1) is 14.2 Å². The highest BCUT2D eigenvalue weighted by molar-refractivity contribution is 6.09. The highest BCUT2D eigenvalue weighted by Crippen LogP contribution is 2.35. The van der Waals surface area contributed by atoms with Crippen molar-refractivity contribution in [2.45, 2.75) is 44.6 Å². The molecule has 1 aliphatic heterocycles. The number of hydrogen-bond donors (Lipinski definition) is 2. The Morgan fingerprint density at radius 2 is 1.86 bits per heavy atom. The van der Waals surface area contributed by atoms with Gasteiger partial charge in [0.15, 0.2) is 11.5 Å². The van der Waals surface area contributed by atoms with Crippen molar-refractivity contribution in [2.24, 2.45) is 5.92 Å². The average Bonchev–Trinajstić information content (AvgIpc) is 2.96. The number of carbonyl (C=O) groups is 3. The summed E-state index contributed by atoms with van der Waals surface area (Å²) in [6.07, 6.45) is 5.86. The topological polar surface area (TPSA) is 97.0 Å². The van der Waals surface area contributed by atoms with Crippen molar-refractivity contribution in [3.05, 3.63) is 23.8 Å². The molecule has 2 fully saturated rings. The predicted molar refractivity (Wildman–Crippen MR) is 107 cm³/mol. The Kier molecular flexibility index (Phi) is 6.30. The molecule has 1 aromatic carbocycles. The monoisotopic (exact) mass is 403 g/mol. The summed E-state index contributed by atoms with van der Waals surface area (Å²) in [7, 11) is 3.03. The number of nitrogens with one attached hydrogen (secondary N) is 2. The van der Waals surface area contributed by atoms with Gasteiger partial charge in [0.25, 0.3) is 5.91 Å². The summed E-state index contributed by atoms with van der Waals surface area (Å²) in [5.41, 5.74) is -0.723. The Morgan fingerprint density at radius 3 is 2.52 bits per heavy atom. The van der Waals surface area contributed by atoms with Crippen LogP contribution in [0, 0.1) is 5.92 Å². The van der Waals surface area contributed by atoms with Crippen LogP contribution in [-0.2, 0) is 15.1 Å². The summed E-state index contributed by atoms with van der Waals surface area (Å²) in [5.74, 6) is 0.665. The molecule has 1 aliphatic carbocycles. The van der Waals surface area contributed by atoms with Gasteiger partial charge in [0.1, 0.15) is 12.1 Å². The Balaban J connectivity index is 1.67. The summed E-state index contributed by atoms with van der Waals surface area (Å²) in [4.78, 5) is 38.8. The minimum atomic E-state index is -1.28. The molecule has 2 aliphatic rings. The van der Waals surface area contributed by atoms with Gasteiger partial charge >= 0.3 is 6.03 Å². The van der Waals surface area contributed by atoms with Crippen LogP contribution < -0.4 is 20.1 Å². The van der Waals surface area contributed by atoms with Crippen LogP contribution in [0.25, 0.3) is 0 Å². The van der Waals surface area contributed by atoms with Gasteiger partial charge in [-0.25, -0.2) is 4.79 Å². The first-order valence-electron chi connectivity index (χ1n) is 10.0. The molecule has 8 nitrogen and oxygen atoms in total. The predicted octanol–water partition coefficient (Wildman–Crippen LogP) is 2.17. The van der Waals surface area contributed by atoms with E-state index < -0.39 is 17.5 Å². The SMILES string of the molecule is COc1ccc([C@]2(C)NC(=O)N(CC(=O)NCC3CCCCC3)C2=O)cc1OC. The lowest BCUT2D eigenvalue weighted by Gasteiger charge is -2.24. The first-order valence-corrected chi connectivity index (χ1v) is 10.0. The Labute approximate surface area is 170 Å². The molecule has 4 amide bonds. The standard InChI is InChI=1S/C21H29N3O5/c1-21(15-9-10-16(28-2)17(11-15)29-3)19(26)24(20(27)23-21)13-18(25)22-12-14-7-5-4-6-8-14/h9-11,14H,4-8,12-13H2,1-3H3,(H,22,25)(H,23,27)/t21-/m0/s1. The van der Waals surface area contributed by atoms with E-state index in [1.165, 1.54) is 33.5 Å². The van der Waals surface area contributed by atoms with E-state index in [0.29, 0.717) is 29.5 Å². The number of rotatable bonds is 7. The fourth-order valence-corrected chi connectivity index (χ4v) is 4.03. The molecule has 8 heteroatoms. The maximum absolute atomic E-state index is 13.0. The molecule has 1 aromatic rings.